The molecule has 1 saturated carbocycles. The monoisotopic (exact) mass is 587 g/mol. The normalized spacial score (nSPS) is 18.6. The number of aliphatic hydroxyl groups is 1. The van der Waals surface area contributed by atoms with Gasteiger partial charge in [-0.25, -0.2) is 8.42 Å². The molecule has 40 heavy (non-hydrogen) atoms. The van der Waals surface area contributed by atoms with E-state index in [1.165, 1.54) is 18.2 Å². The van der Waals surface area contributed by atoms with Gasteiger partial charge in [-0.2, -0.15) is 31.6 Å². The Morgan fingerprint density at radius 3 is 2.17 bits per heavy atom. The molecule has 1 atom stereocenters. The minimum absolute atomic E-state index is 0.00657. The van der Waals surface area contributed by atoms with E-state index in [0.29, 0.717) is 41.8 Å². The van der Waals surface area contributed by atoms with Gasteiger partial charge in [0.05, 0.1) is 22.1 Å². The van der Waals surface area contributed by atoms with Gasteiger partial charge in [-0.05, 0) is 55.2 Å². The molecule has 2 aromatic carbocycles. The Labute approximate surface area is 225 Å². The molecule has 0 saturated heterocycles. The molecular formula is C26H23F6N3O4S. The number of hydrogen-bond acceptors (Lipinski definition) is 6. The lowest BCUT2D eigenvalue weighted by molar-refractivity contribution is -0.376. The Bertz CT molecular complexity index is 1490. The third-order valence-corrected chi connectivity index (χ3v) is 9.01. The minimum Gasteiger partial charge on any atom is -0.369 e. The van der Waals surface area contributed by atoms with Gasteiger partial charge >= 0.3 is 12.4 Å². The zero-order valence-corrected chi connectivity index (χ0v) is 21.7. The first kappa shape index (κ1) is 29.4. The van der Waals surface area contributed by atoms with Gasteiger partial charge in [0.15, 0.2) is 9.84 Å². The van der Waals surface area contributed by atoms with Crippen molar-refractivity contribution < 1.29 is 44.7 Å². The van der Waals surface area contributed by atoms with Crippen molar-refractivity contribution in [2.24, 2.45) is 5.41 Å². The number of allylic oxidation sites excluding steroid dienone is 1. The number of nitrogens with zero attached hydrogens (tertiary/aromatic N) is 2. The Morgan fingerprint density at radius 1 is 1.12 bits per heavy atom. The SMILES string of the molecule is C=C(C)N1Cc2cc(S(=O)(=O)CC3(C#N)CC3)ccc2C1C(=O)Nc1ccc(C(O)(C(F)(F)F)C(F)(F)F)cc1. The molecule has 0 radical (unpaired) electrons. The van der Waals surface area contributed by atoms with E-state index in [2.05, 4.69) is 11.9 Å². The standard InChI is InChI=1S/C26H23F6N3O4S/c1-15(2)35-12-16-11-19(40(38,39)14-23(13-33)9-10-23)7-8-20(16)21(35)22(36)34-18-5-3-17(4-6-18)24(37,25(27,28)29)26(30,31)32/h3-8,11,21,37H,1,9-10,12,14H2,2H3,(H,34,36). The second-order valence-electron chi connectivity index (χ2n) is 10.1. The number of sulfone groups is 1. The Kier molecular flexibility index (Phi) is 7.00. The highest BCUT2D eigenvalue weighted by molar-refractivity contribution is 7.91. The number of benzene rings is 2. The van der Waals surface area contributed by atoms with Crippen molar-refractivity contribution in [3.63, 3.8) is 0 Å². The Hall–Kier alpha value is -3.57. The number of alkyl halides is 6. The number of nitrogens with one attached hydrogen (secondary N) is 1. The van der Waals surface area contributed by atoms with Crippen LogP contribution >= 0.6 is 0 Å². The average Bonchev–Trinajstić information content (AvgIpc) is 3.50. The van der Waals surface area contributed by atoms with Gasteiger partial charge in [-0.3, -0.25) is 4.79 Å². The lowest BCUT2D eigenvalue weighted by atomic mass is 9.92. The Morgan fingerprint density at radius 2 is 1.70 bits per heavy atom. The van der Waals surface area contributed by atoms with Crippen molar-refractivity contribution in [3.05, 3.63) is 71.4 Å². The van der Waals surface area contributed by atoms with Gasteiger partial charge in [0.1, 0.15) is 6.04 Å². The molecule has 1 aliphatic heterocycles. The first-order valence-electron chi connectivity index (χ1n) is 11.8. The minimum atomic E-state index is -6.05. The number of halogens is 6. The predicted molar refractivity (Wildman–Crippen MR) is 130 cm³/mol. The van der Waals surface area contributed by atoms with E-state index >= 15 is 0 Å². The number of carbonyl (C=O) groups is 1. The van der Waals surface area contributed by atoms with Gasteiger partial charge in [-0.1, -0.05) is 24.8 Å². The molecule has 2 N–H and O–H groups in total. The second-order valence-corrected chi connectivity index (χ2v) is 12.0. The van der Waals surface area contributed by atoms with Crippen LogP contribution in [0.2, 0.25) is 0 Å². The van der Waals surface area contributed by atoms with Crippen LogP contribution in [0.1, 0.15) is 42.5 Å². The summed E-state index contributed by atoms with van der Waals surface area (Å²) >= 11 is 0. The summed E-state index contributed by atoms with van der Waals surface area (Å²) in [6, 6.07) is 7.66. The molecule has 2 aliphatic rings. The second kappa shape index (κ2) is 9.52. The molecule has 14 heteroatoms. The zero-order chi connectivity index (χ0) is 29.9. The number of anilines is 1. The molecule has 1 unspecified atom stereocenters. The topological polar surface area (TPSA) is 111 Å². The van der Waals surface area contributed by atoms with Gasteiger partial charge in [0.25, 0.3) is 11.5 Å². The number of carbonyl (C=O) groups excluding carboxylic acids is 1. The van der Waals surface area contributed by atoms with Crippen molar-refractivity contribution in [1.29, 1.82) is 5.26 Å². The van der Waals surface area contributed by atoms with Crippen LogP contribution in [0, 0.1) is 16.7 Å². The van der Waals surface area contributed by atoms with E-state index in [-0.39, 0.29) is 22.9 Å². The fourth-order valence-corrected chi connectivity index (χ4v) is 6.48. The molecule has 0 bridgehead atoms. The van der Waals surface area contributed by atoms with Gasteiger partial charge < -0.3 is 15.3 Å². The van der Waals surface area contributed by atoms with Crippen molar-refractivity contribution in [2.75, 3.05) is 11.1 Å². The molecule has 1 fully saturated rings. The van der Waals surface area contributed by atoms with Crippen LogP contribution in [0.5, 0.6) is 0 Å². The highest BCUT2D eigenvalue weighted by Crippen LogP contribution is 2.50. The van der Waals surface area contributed by atoms with Crippen molar-refractivity contribution in [3.8, 4) is 6.07 Å². The summed E-state index contributed by atoms with van der Waals surface area (Å²) in [6.45, 7) is 5.55. The first-order chi connectivity index (χ1) is 18.3. The summed E-state index contributed by atoms with van der Waals surface area (Å²) in [5.41, 5.74) is -6.23. The van der Waals surface area contributed by atoms with Crippen LogP contribution in [-0.4, -0.2) is 42.4 Å². The number of rotatable bonds is 7. The fourth-order valence-electron chi connectivity index (χ4n) is 4.64. The summed E-state index contributed by atoms with van der Waals surface area (Å²) in [6.07, 6.45) is -11.1. The van der Waals surface area contributed by atoms with E-state index in [9.17, 15) is 49.9 Å². The largest absolute Gasteiger partial charge is 0.430 e. The smallest absolute Gasteiger partial charge is 0.369 e. The van der Waals surface area contributed by atoms with E-state index < -0.39 is 50.7 Å². The van der Waals surface area contributed by atoms with Crippen LogP contribution in [0.4, 0.5) is 32.0 Å². The van der Waals surface area contributed by atoms with Crippen molar-refractivity contribution in [2.45, 2.75) is 55.2 Å². The number of hydrogen-bond donors (Lipinski definition) is 2. The molecule has 1 amide bonds. The van der Waals surface area contributed by atoms with Crippen LogP contribution in [-0.2, 0) is 26.8 Å². The van der Waals surface area contributed by atoms with Crippen LogP contribution in [0.25, 0.3) is 0 Å². The van der Waals surface area contributed by atoms with E-state index in [1.54, 1.807) is 11.8 Å². The lowest BCUT2D eigenvalue weighted by Crippen LogP contribution is -2.53. The van der Waals surface area contributed by atoms with Gasteiger partial charge in [0, 0.05) is 23.5 Å². The number of amides is 1. The first-order valence-corrected chi connectivity index (χ1v) is 13.5. The van der Waals surface area contributed by atoms with Crippen LogP contribution in [0.3, 0.4) is 0 Å². The van der Waals surface area contributed by atoms with Crippen molar-refractivity contribution in [1.82, 2.24) is 4.90 Å². The highest BCUT2D eigenvalue weighted by atomic mass is 32.2. The maximum Gasteiger partial charge on any atom is 0.430 e. The quantitative estimate of drug-likeness (QED) is 0.436. The Balaban J connectivity index is 1.60. The molecule has 214 valence electrons. The fraction of sp³-hybridized carbons (Fsp3) is 0.385. The van der Waals surface area contributed by atoms with Crippen LogP contribution in [0.15, 0.2) is 59.6 Å². The van der Waals surface area contributed by atoms with Gasteiger partial charge in [-0.15, -0.1) is 0 Å². The lowest BCUT2D eigenvalue weighted by Gasteiger charge is -2.32. The summed E-state index contributed by atoms with van der Waals surface area (Å²) in [5.74, 6) is -1.02. The summed E-state index contributed by atoms with van der Waals surface area (Å²) in [5, 5.41) is 21.3. The molecule has 4 rings (SSSR count). The van der Waals surface area contributed by atoms with Crippen LogP contribution < -0.4 is 5.32 Å². The molecule has 1 aliphatic carbocycles. The van der Waals surface area contributed by atoms with Crippen molar-refractivity contribution >= 4 is 21.4 Å². The number of fused-ring (bicyclic) bond motifs is 1. The maximum atomic E-state index is 13.3. The molecule has 0 spiro atoms. The predicted octanol–water partition coefficient (Wildman–Crippen LogP) is 5.11. The number of nitriles is 1. The molecular weight excluding hydrogens is 564 g/mol. The molecule has 7 nitrogen and oxygen atoms in total. The zero-order valence-electron chi connectivity index (χ0n) is 20.9. The van der Waals surface area contributed by atoms with E-state index in [4.69, 9.17) is 0 Å². The maximum absolute atomic E-state index is 13.3. The summed E-state index contributed by atoms with van der Waals surface area (Å²) in [7, 11) is -3.80. The molecule has 0 aromatic heterocycles. The third kappa shape index (κ3) is 5.03. The average molecular weight is 588 g/mol. The molecule has 1 heterocycles. The third-order valence-electron chi connectivity index (χ3n) is 7.11. The summed E-state index contributed by atoms with van der Waals surface area (Å²) < 4.78 is 105. The van der Waals surface area contributed by atoms with E-state index in [1.807, 2.05) is 6.07 Å². The summed E-state index contributed by atoms with van der Waals surface area (Å²) in [4.78, 5) is 14.8. The molecule has 2 aromatic rings. The van der Waals surface area contributed by atoms with E-state index in [0.717, 1.165) is 12.1 Å². The van der Waals surface area contributed by atoms with Gasteiger partial charge in [0.2, 0.25) is 0 Å². The highest BCUT2D eigenvalue weighted by Gasteiger charge is 2.71.